The van der Waals surface area contributed by atoms with Crippen LogP contribution in [0.5, 0.6) is 0 Å². The lowest BCUT2D eigenvalue weighted by molar-refractivity contribution is 0.0891. The van der Waals surface area contributed by atoms with Gasteiger partial charge < -0.3 is 5.73 Å². The number of aromatic nitrogens is 1. The Hall–Kier alpha value is -0.460. The zero-order valence-electron chi connectivity index (χ0n) is 13.5. The van der Waals surface area contributed by atoms with Crippen molar-refractivity contribution in [1.82, 2.24) is 9.88 Å². The first-order chi connectivity index (χ1) is 10.4. The molecule has 1 atom stereocenters. The number of likely N-dealkylation sites (tertiary alicyclic amines) is 1. The minimum atomic E-state index is 0. The van der Waals surface area contributed by atoms with E-state index >= 15 is 0 Å². The molecule has 1 aliphatic rings. The third-order valence-electron chi connectivity index (χ3n) is 4.40. The molecule has 0 amide bonds. The van der Waals surface area contributed by atoms with Gasteiger partial charge in [-0.05, 0) is 24.0 Å². The Morgan fingerprint density at radius 3 is 2.91 bits per heavy atom. The molecule has 2 N–H and O–H groups in total. The second kappa shape index (κ2) is 7.62. The fourth-order valence-electron chi connectivity index (χ4n) is 2.98. The van der Waals surface area contributed by atoms with Crippen LogP contribution in [0.25, 0.3) is 10.6 Å². The van der Waals surface area contributed by atoms with E-state index in [1.807, 2.05) is 6.07 Å². The van der Waals surface area contributed by atoms with E-state index in [2.05, 4.69) is 58.3 Å². The van der Waals surface area contributed by atoms with Crippen LogP contribution in [0.15, 0.2) is 34.1 Å². The predicted molar refractivity (Wildman–Crippen MR) is 104 cm³/mol. The van der Waals surface area contributed by atoms with Gasteiger partial charge in [-0.15, -0.1) is 23.7 Å². The van der Waals surface area contributed by atoms with Gasteiger partial charge in [0.2, 0.25) is 0 Å². The van der Waals surface area contributed by atoms with E-state index in [0.717, 1.165) is 41.2 Å². The summed E-state index contributed by atoms with van der Waals surface area (Å²) in [5.41, 5.74) is 8.73. The summed E-state index contributed by atoms with van der Waals surface area (Å²) in [6, 6.07) is 8.62. The van der Waals surface area contributed by atoms with Crippen LogP contribution in [-0.4, -0.2) is 29.0 Å². The van der Waals surface area contributed by atoms with Crippen molar-refractivity contribution < 1.29 is 0 Å². The molecule has 2 aromatic rings. The average Bonchev–Trinajstić information content (AvgIpc) is 2.91. The maximum absolute atomic E-state index is 6.22. The van der Waals surface area contributed by atoms with Crippen LogP contribution in [0.4, 0.5) is 0 Å². The van der Waals surface area contributed by atoms with Crippen molar-refractivity contribution in [1.29, 1.82) is 0 Å². The monoisotopic (exact) mass is 415 g/mol. The summed E-state index contributed by atoms with van der Waals surface area (Å²) in [6.45, 7) is 7.54. The second-order valence-electron chi connectivity index (χ2n) is 6.75. The number of nitrogens with two attached hydrogens (primary N) is 1. The maximum atomic E-state index is 6.22. The van der Waals surface area contributed by atoms with E-state index in [4.69, 9.17) is 10.7 Å². The quantitative estimate of drug-likeness (QED) is 0.798. The fraction of sp³-hybridized carbons (Fsp3) is 0.471. The molecule has 1 unspecified atom stereocenters. The Morgan fingerprint density at radius 2 is 2.22 bits per heavy atom. The molecule has 1 saturated heterocycles. The highest BCUT2D eigenvalue weighted by molar-refractivity contribution is 9.10. The largest absolute Gasteiger partial charge is 0.327 e. The number of nitrogens with zero attached hydrogens (tertiary/aromatic N) is 2. The molecule has 3 nitrogen and oxygen atoms in total. The van der Waals surface area contributed by atoms with Gasteiger partial charge in [0.1, 0.15) is 5.01 Å². The molecular weight excluding hydrogens is 394 g/mol. The Kier molecular flexibility index (Phi) is 6.25. The molecule has 1 aliphatic heterocycles. The Morgan fingerprint density at radius 1 is 1.43 bits per heavy atom. The molecule has 126 valence electrons. The van der Waals surface area contributed by atoms with E-state index in [0.29, 0.717) is 6.04 Å². The summed E-state index contributed by atoms with van der Waals surface area (Å²) < 4.78 is 1.09. The summed E-state index contributed by atoms with van der Waals surface area (Å²) in [6.07, 6.45) is 1.07. The number of piperidine rings is 1. The maximum Gasteiger partial charge on any atom is 0.123 e. The molecule has 0 saturated carbocycles. The molecule has 1 aromatic carbocycles. The summed E-state index contributed by atoms with van der Waals surface area (Å²) in [5, 5.41) is 3.27. The van der Waals surface area contributed by atoms with Crippen molar-refractivity contribution in [2.24, 2.45) is 11.1 Å². The number of hydrogen-bond acceptors (Lipinski definition) is 4. The summed E-state index contributed by atoms with van der Waals surface area (Å²) in [4.78, 5) is 7.28. The van der Waals surface area contributed by atoms with Crippen molar-refractivity contribution in [3.63, 3.8) is 0 Å². The Bertz CT molecular complexity index is 659. The van der Waals surface area contributed by atoms with Crippen molar-refractivity contribution >= 4 is 39.7 Å². The van der Waals surface area contributed by atoms with Crippen LogP contribution >= 0.6 is 39.7 Å². The fourth-order valence-corrected chi connectivity index (χ4v) is 4.19. The smallest absolute Gasteiger partial charge is 0.123 e. The minimum absolute atomic E-state index is 0. The first kappa shape index (κ1) is 18.9. The van der Waals surface area contributed by atoms with Gasteiger partial charge in [0, 0.05) is 41.1 Å². The highest BCUT2D eigenvalue weighted by atomic mass is 79.9. The normalized spacial score (nSPS) is 21.0. The zero-order valence-corrected chi connectivity index (χ0v) is 16.7. The SMILES string of the molecule is CC1(C)CN(Cc2csc(-c3cccc(Br)c3)n2)CCC1N.Cl. The van der Waals surface area contributed by atoms with Crippen LogP contribution in [0.3, 0.4) is 0 Å². The van der Waals surface area contributed by atoms with Crippen LogP contribution < -0.4 is 5.73 Å². The average molecular weight is 417 g/mol. The minimum Gasteiger partial charge on any atom is -0.327 e. The van der Waals surface area contributed by atoms with Gasteiger partial charge in [-0.1, -0.05) is 41.9 Å². The molecule has 0 aliphatic carbocycles. The first-order valence-corrected chi connectivity index (χ1v) is 9.29. The molecule has 23 heavy (non-hydrogen) atoms. The lowest BCUT2D eigenvalue weighted by atomic mass is 9.80. The molecule has 6 heteroatoms. The molecule has 2 heterocycles. The Balaban J connectivity index is 0.00000192. The zero-order chi connectivity index (χ0) is 15.7. The van der Waals surface area contributed by atoms with E-state index < -0.39 is 0 Å². The molecule has 0 bridgehead atoms. The topological polar surface area (TPSA) is 42.2 Å². The first-order valence-electron chi connectivity index (χ1n) is 7.62. The third-order valence-corrected chi connectivity index (χ3v) is 5.83. The van der Waals surface area contributed by atoms with Crippen LogP contribution in [-0.2, 0) is 6.54 Å². The van der Waals surface area contributed by atoms with Gasteiger partial charge in [0.05, 0.1) is 5.69 Å². The van der Waals surface area contributed by atoms with E-state index in [-0.39, 0.29) is 17.8 Å². The van der Waals surface area contributed by atoms with E-state index in [9.17, 15) is 0 Å². The third kappa shape index (κ3) is 4.54. The molecule has 0 spiro atoms. The van der Waals surface area contributed by atoms with Gasteiger partial charge in [0.15, 0.2) is 0 Å². The standard InChI is InChI=1S/C17H22BrN3S.ClH/c1-17(2)11-21(7-6-15(17)19)9-14-10-22-16(20-14)12-4-3-5-13(18)8-12;/h3-5,8,10,15H,6-7,9,11,19H2,1-2H3;1H. The highest BCUT2D eigenvalue weighted by Crippen LogP contribution is 2.30. The molecule has 1 aromatic heterocycles. The van der Waals surface area contributed by atoms with Crippen molar-refractivity contribution in [2.75, 3.05) is 13.1 Å². The number of benzene rings is 1. The number of rotatable bonds is 3. The van der Waals surface area contributed by atoms with Crippen LogP contribution in [0.1, 0.15) is 26.0 Å². The van der Waals surface area contributed by atoms with E-state index in [1.165, 1.54) is 5.56 Å². The summed E-state index contributed by atoms with van der Waals surface area (Å²) in [5.74, 6) is 0. The van der Waals surface area contributed by atoms with Gasteiger partial charge in [0.25, 0.3) is 0 Å². The van der Waals surface area contributed by atoms with Crippen molar-refractivity contribution in [3.8, 4) is 10.6 Å². The van der Waals surface area contributed by atoms with E-state index in [1.54, 1.807) is 11.3 Å². The number of hydrogen-bond donors (Lipinski definition) is 1. The number of halogens is 2. The molecular formula is C17H23BrClN3S. The van der Waals surface area contributed by atoms with Crippen molar-refractivity contribution in [3.05, 3.63) is 39.8 Å². The summed E-state index contributed by atoms with van der Waals surface area (Å²) >= 11 is 5.24. The van der Waals surface area contributed by atoms with Crippen LogP contribution in [0, 0.1) is 5.41 Å². The lowest BCUT2D eigenvalue weighted by Gasteiger charge is -2.42. The van der Waals surface area contributed by atoms with Gasteiger partial charge in [-0.2, -0.15) is 0 Å². The molecule has 3 rings (SSSR count). The van der Waals surface area contributed by atoms with Gasteiger partial charge in [-0.25, -0.2) is 4.98 Å². The van der Waals surface area contributed by atoms with Crippen LogP contribution in [0.2, 0.25) is 0 Å². The van der Waals surface area contributed by atoms with Crippen molar-refractivity contribution in [2.45, 2.75) is 32.9 Å². The van der Waals surface area contributed by atoms with Gasteiger partial charge in [-0.3, -0.25) is 4.90 Å². The molecule has 1 fully saturated rings. The predicted octanol–water partition coefficient (Wildman–Crippen LogP) is 4.55. The highest BCUT2D eigenvalue weighted by Gasteiger charge is 2.33. The lowest BCUT2D eigenvalue weighted by Crippen LogP contribution is -2.52. The second-order valence-corrected chi connectivity index (χ2v) is 8.52. The summed E-state index contributed by atoms with van der Waals surface area (Å²) in [7, 11) is 0. The molecule has 0 radical (unpaired) electrons. The Labute approximate surface area is 156 Å². The van der Waals surface area contributed by atoms with Gasteiger partial charge >= 0.3 is 0 Å². The number of thiazole rings is 1.